The van der Waals surface area contributed by atoms with E-state index in [-0.39, 0.29) is 28.7 Å². The van der Waals surface area contributed by atoms with Gasteiger partial charge in [-0.25, -0.2) is 0 Å². The van der Waals surface area contributed by atoms with Crippen molar-refractivity contribution in [3.8, 4) is 0 Å². The first-order chi connectivity index (χ1) is 9.47. The maximum absolute atomic E-state index is 11.9. The van der Waals surface area contributed by atoms with Crippen LogP contribution in [-0.2, 0) is 6.54 Å². The van der Waals surface area contributed by atoms with Gasteiger partial charge in [0.15, 0.2) is 0 Å². The summed E-state index contributed by atoms with van der Waals surface area (Å²) in [6, 6.07) is 7.38. The molecule has 0 aliphatic heterocycles. The minimum Gasteiger partial charge on any atom is -0.465 e. The van der Waals surface area contributed by atoms with Crippen LogP contribution in [0.4, 0.5) is 5.69 Å². The lowest BCUT2D eigenvalue weighted by atomic mass is 10.2. The van der Waals surface area contributed by atoms with Crippen molar-refractivity contribution in [3.05, 3.63) is 62.6 Å². The quantitative estimate of drug-likeness (QED) is 0.693. The van der Waals surface area contributed by atoms with E-state index < -0.39 is 4.92 Å². The van der Waals surface area contributed by atoms with Gasteiger partial charge in [0.1, 0.15) is 16.5 Å². The number of amides is 1. The number of nitrogens with one attached hydrogen (secondary N) is 1. The zero-order valence-corrected chi connectivity index (χ0v) is 11.3. The summed E-state index contributed by atoms with van der Waals surface area (Å²) in [5.74, 6) is 1.01. The Morgan fingerprint density at radius 2 is 2.15 bits per heavy atom. The van der Waals surface area contributed by atoms with Crippen LogP contribution in [-0.4, -0.2) is 10.8 Å². The summed E-state index contributed by atoms with van der Waals surface area (Å²) >= 11 is 5.75. The monoisotopic (exact) mass is 294 g/mol. The summed E-state index contributed by atoms with van der Waals surface area (Å²) in [6.07, 6.45) is 0. The van der Waals surface area contributed by atoms with Crippen LogP contribution < -0.4 is 5.32 Å². The number of carbonyl (C=O) groups is 1. The van der Waals surface area contributed by atoms with E-state index in [2.05, 4.69) is 5.32 Å². The highest BCUT2D eigenvalue weighted by Crippen LogP contribution is 2.24. The number of carbonyl (C=O) groups excluding carboxylic acids is 1. The van der Waals surface area contributed by atoms with Gasteiger partial charge in [-0.15, -0.1) is 0 Å². The fourth-order valence-electron chi connectivity index (χ4n) is 1.65. The van der Waals surface area contributed by atoms with Crippen LogP contribution in [0, 0.1) is 17.0 Å². The van der Waals surface area contributed by atoms with Gasteiger partial charge in [0.05, 0.1) is 11.5 Å². The number of halogens is 1. The molecule has 1 aromatic heterocycles. The Kier molecular flexibility index (Phi) is 4.05. The SMILES string of the molecule is Cc1ccc(CNC(=O)c2ccc([N+](=O)[O-])c(Cl)c2)o1. The van der Waals surface area contributed by atoms with Crippen molar-refractivity contribution in [2.24, 2.45) is 0 Å². The Morgan fingerprint density at radius 1 is 1.40 bits per heavy atom. The highest BCUT2D eigenvalue weighted by molar-refractivity contribution is 6.33. The molecule has 20 heavy (non-hydrogen) atoms. The number of hydrogen-bond donors (Lipinski definition) is 1. The molecule has 104 valence electrons. The van der Waals surface area contributed by atoms with E-state index in [1.165, 1.54) is 18.2 Å². The predicted octanol–water partition coefficient (Wildman–Crippen LogP) is 3.08. The van der Waals surface area contributed by atoms with Crippen molar-refractivity contribution >= 4 is 23.2 Å². The van der Waals surface area contributed by atoms with Crippen LogP contribution in [0.25, 0.3) is 0 Å². The number of furan rings is 1. The summed E-state index contributed by atoms with van der Waals surface area (Å²) in [5, 5.41) is 13.2. The van der Waals surface area contributed by atoms with E-state index in [4.69, 9.17) is 16.0 Å². The third kappa shape index (κ3) is 3.16. The molecule has 0 fully saturated rings. The molecule has 0 aliphatic rings. The number of aryl methyl sites for hydroxylation is 1. The van der Waals surface area contributed by atoms with Crippen LogP contribution in [0.2, 0.25) is 5.02 Å². The first-order valence-electron chi connectivity index (χ1n) is 5.75. The Morgan fingerprint density at radius 3 is 2.70 bits per heavy atom. The van der Waals surface area contributed by atoms with Gasteiger partial charge in [-0.2, -0.15) is 0 Å². The minimum absolute atomic E-state index is 0.0727. The largest absolute Gasteiger partial charge is 0.465 e. The highest BCUT2D eigenvalue weighted by Gasteiger charge is 2.15. The van der Waals surface area contributed by atoms with Crippen LogP contribution in [0.5, 0.6) is 0 Å². The van der Waals surface area contributed by atoms with Gasteiger partial charge in [0.25, 0.3) is 11.6 Å². The number of benzene rings is 1. The van der Waals surface area contributed by atoms with Crippen molar-refractivity contribution < 1.29 is 14.1 Å². The fourth-order valence-corrected chi connectivity index (χ4v) is 1.90. The van der Waals surface area contributed by atoms with Crippen LogP contribution in [0.1, 0.15) is 21.9 Å². The van der Waals surface area contributed by atoms with E-state index in [1.807, 2.05) is 0 Å². The van der Waals surface area contributed by atoms with Gasteiger partial charge >= 0.3 is 0 Å². The summed E-state index contributed by atoms with van der Waals surface area (Å²) in [5.41, 5.74) is 0.0220. The van der Waals surface area contributed by atoms with Gasteiger partial charge in [0.2, 0.25) is 0 Å². The predicted molar refractivity (Wildman–Crippen MR) is 72.7 cm³/mol. The summed E-state index contributed by atoms with van der Waals surface area (Å²) in [6.45, 7) is 2.04. The number of nitro groups is 1. The third-order valence-electron chi connectivity index (χ3n) is 2.63. The van der Waals surface area contributed by atoms with Crippen molar-refractivity contribution in [2.45, 2.75) is 13.5 Å². The van der Waals surface area contributed by atoms with Gasteiger partial charge in [-0.1, -0.05) is 11.6 Å². The zero-order chi connectivity index (χ0) is 14.7. The molecule has 6 nitrogen and oxygen atoms in total. The zero-order valence-electron chi connectivity index (χ0n) is 10.6. The number of nitrogens with zero attached hydrogens (tertiary/aromatic N) is 1. The number of hydrogen-bond acceptors (Lipinski definition) is 4. The normalized spacial score (nSPS) is 10.3. The summed E-state index contributed by atoms with van der Waals surface area (Å²) in [7, 11) is 0. The van der Waals surface area contributed by atoms with Gasteiger partial charge in [-0.05, 0) is 31.2 Å². The second kappa shape index (κ2) is 5.75. The molecule has 1 N–H and O–H groups in total. The first kappa shape index (κ1) is 14.1. The van der Waals surface area contributed by atoms with E-state index >= 15 is 0 Å². The van der Waals surface area contributed by atoms with Gasteiger partial charge in [-0.3, -0.25) is 14.9 Å². The summed E-state index contributed by atoms with van der Waals surface area (Å²) < 4.78 is 5.31. The molecule has 0 atom stereocenters. The molecule has 0 radical (unpaired) electrons. The molecule has 2 aromatic rings. The van der Waals surface area contributed by atoms with Crippen molar-refractivity contribution in [2.75, 3.05) is 0 Å². The first-order valence-corrected chi connectivity index (χ1v) is 6.12. The molecule has 0 aliphatic carbocycles. The van der Waals surface area contributed by atoms with E-state index in [0.717, 1.165) is 5.76 Å². The Hall–Kier alpha value is -2.34. The molecule has 0 saturated heterocycles. The van der Waals surface area contributed by atoms with Crippen LogP contribution >= 0.6 is 11.6 Å². The summed E-state index contributed by atoms with van der Waals surface area (Å²) in [4.78, 5) is 21.9. The molecule has 7 heteroatoms. The molecule has 2 rings (SSSR count). The molecular weight excluding hydrogens is 284 g/mol. The van der Waals surface area contributed by atoms with Crippen molar-refractivity contribution in [1.29, 1.82) is 0 Å². The number of nitro benzene ring substituents is 1. The smallest absolute Gasteiger partial charge is 0.287 e. The van der Waals surface area contributed by atoms with Crippen LogP contribution in [0.3, 0.4) is 0 Å². The lowest BCUT2D eigenvalue weighted by Crippen LogP contribution is -2.22. The maximum Gasteiger partial charge on any atom is 0.287 e. The topological polar surface area (TPSA) is 85.4 Å². The lowest BCUT2D eigenvalue weighted by Gasteiger charge is -2.04. The molecule has 1 amide bonds. The minimum atomic E-state index is -0.602. The van der Waals surface area contributed by atoms with E-state index in [0.29, 0.717) is 5.76 Å². The molecule has 0 spiro atoms. The maximum atomic E-state index is 11.9. The fraction of sp³-hybridized carbons (Fsp3) is 0.154. The molecular formula is C13H11ClN2O4. The highest BCUT2D eigenvalue weighted by atomic mass is 35.5. The molecule has 0 saturated carbocycles. The van der Waals surface area contributed by atoms with Crippen LogP contribution in [0.15, 0.2) is 34.7 Å². The average molecular weight is 295 g/mol. The van der Waals surface area contributed by atoms with Crippen molar-refractivity contribution in [1.82, 2.24) is 5.32 Å². The molecule has 0 bridgehead atoms. The Labute approximate surface area is 119 Å². The van der Waals surface area contributed by atoms with Gasteiger partial charge < -0.3 is 9.73 Å². The Bertz CT molecular complexity index is 666. The lowest BCUT2D eigenvalue weighted by molar-refractivity contribution is -0.384. The second-order valence-electron chi connectivity index (χ2n) is 4.12. The standard InChI is InChI=1S/C13H11ClN2O4/c1-8-2-4-10(20-8)7-15-13(17)9-3-5-12(16(18)19)11(14)6-9/h2-6H,7H2,1H3,(H,15,17). The van der Waals surface area contributed by atoms with Gasteiger partial charge in [0, 0.05) is 11.6 Å². The molecule has 1 heterocycles. The van der Waals surface area contributed by atoms with Crippen molar-refractivity contribution in [3.63, 3.8) is 0 Å². The molecule has 1 aromatic carbocycles. The number of rotatable bonds is 4. The Balaban J connectivity index is 2.06. The average Bonchev–Trinajstić information content (AvgIpc) is 2.81. The second-order valence-corrected chi connectivity index (χ2v) is 4.53. The third-order valence-corrected chi connectivity index (χ3v) is 2.93. The molecule has 0 unspecified atom stereocenters. The van der Waals surface area contributed by atoms with E-state index in [9.17, 15) is 14.9 Å². The van der Waals surface area contributed by atoms with E-state index in [1.54, 1.807) is 19.1 Å².